The van der Waals surface area contributed by atoms with Gasteiger partial charge < -0.3 is 11.1 Å². The third-order valence-corrected chi connectivity index (χ3v) is 6.12. The van der Waals surface area contributed by atoms with Gasteiger partial charge in [0.25, 0.3) is 0 Å². The summed E-state index contributed by atoms with van der Waals surface area (Å²) in [6.07, 6.45) is 0.775. The summed E-state index contributed by atoms with van der Waals surface area (Å²) in [6.45, 7) is 0.592. The van der Waals surface area contributed by atoms with E-state index in [4.69, 9.17) is 28.9 Å². The summed E-state index contributed by atoms with van der Waals surface area (Å²) in [6, 6.07) is 21.5. The van der Waals surface area contributed by atoms with Crippen LogP contribution in [0.2, 0.25) is 10.0 Å². The molecule has 5 aromatic rings. The number of hydrogen-bond acceptors (Lipinski definition) is 5. The van der Waals surface area contributed by atoms with Gasteiger partial charge in [0, 0.05) is 12.1 Å². The van der Waals surface area contributed by atoms with Crippen molar-refractivity contribution >= 4 is 46.0 Å². The molecule has 6 nitrogen and oxygen atoms in total. The standard InChI is InChI=1S/C25H19Cl2FN6/c26-18-11-10-16(14-19(18)27)34-23(29)21-22(17-8-4-5-9-20(17)28)31-25(32-24(21)33-34)30-13-12-15-6-2-1-3-7-15/h1-11,14H,12-13,29H2,(H,30,32,33). The Morgan fingerprint density at radius 2 is 1.68 bits per heavy atom. The van der Waals surface area contributed by atoms with Crippen molar-refractivity contribution in [2.24, 2.45) is 0 Å². The van der Waals surface area contributed by atoms with E-state index >= 15 is 0 Å². The highest BCUT2D eigenvalue weighted by atomic mass is 35.5. The van der Waals surface area contributed by atoms with Gasteiger partial charge in [0.2, 0.25) is 5.95 Å². The van der Waals surface area contributed by atoms with E-state index in [2.05, 4.69) is 32.5 Å². The minimum Gasteiger partial charge on any atom is -0.383 e. The SMILES string of the molecule is Nc1c2c(-c3ccccc3F)nc(NCCc3ccccc3)nc2nn1-c1ccc(Cl)c(Cl)c1. The number of aromatic nitrogens is 4. The Hall–Kier alpha value is -3.68. The molecule has 170 valence electrons. The van der Waals surface area contributed by atoms with Crippen LogP contribution in [-0.2, 0) is 6.42 Å². The highest BCUT2D eigenvalue weighted by molar-refractivity contribution is 6.42. The van der Waals surface area contributed by atoms with E-state index in [-0.39, 0.29) is 5.82 Å². The monoisotopic (exact) mass is 492 g/mol. The fraction of sp³-hybridized carbons (Fsp3) is 0.0800. The summed E-state index contributed by atoms with van der Waals surface area (Å²) in [5.74, 6) is 0.183. The van der Waals surface area contributed by atoms with Gasteiger partial charge in [0.15, 0.2) is 5.65 Å². The van der Waals surface area contributed by atoms with E-state index in [0.29, 0.717) is 50.5 Å². The number of halogens is 3. The summed E-state index contributed by atoms with van der Waals surface area (Å²) >= 11 is 12.3. The number of fused-ring (bicyclic) bond motifs is 1. The van der Waals surface area contributed by atoms with Crippen molar-refractivity contribution in [2.45, 2.75) is 6.42 Å². The molecule has 3 N–H and O–H groups in total. The number of nitrogens with zero attached hydrogens (tertiary/aromatic N) is 4. The molecule has 0 aliphatic heterocycles. The molecule has 5 rings (SSSR count). The molecule has 0 aliphatic carbocycles. The first-order valence-corrected chi connectivity index (χ1v) is 11.3. The minimum absolute atomic E-state index is 0.266. The van der Waals surface area contributed by atoms with Crippen LogP contribution in [0.3, 0.4) is 0 Å². The van der Waals surface area contributed by atoms with E-state index in [1.165, 1.54) is 16.3 Å². The molecule has 0 saturated heterocycles. The molecular formula is C25H19Cl2FN6. The number of nitrogens with one attached hydrogen (secondary N) is 1. The van der Waals surface area contributed by atoms with Crippen molar-refractivity contribution in [1.82, 2.24) is 19.7 Å². The number of rotatable bonds is 6. The Bertz CT molecular complexity index is 1490. The molecule has 0 atom stereocenters. The number of hydrogen-bond donors (Lipinski definition) is 2. The van der Waals surface area contributed by atoms with Crippen LogP contribution in [0, 0.1) is 5.82 Å². The van der Waals surface area contributed by atoms with Gasteiger partial charge >= 0.3 is 0 Å². The van der Waals surface area contributed by atoms with Crippen molar-refractivity contribution in [1.29, 1.82) is 0 Å². The Labute approximate surface area is 205 Å². The van der Waals surface area contributed by atoms with Gasteiger partial charge in [-0.05, 0) is 42.3 Å². The first kappa shape index (κ1) is 22.1. The number of nitrogen functional groups attached to an aromatic ring is 1. The van der Waals surface area contributed by atoms with Crippen LogP contribution in [-0.4, -0.2) is 26.3 Å². The molecule has 34 heavy (non-hydrogen) atoms. The second-order valence-electron chi connectivity index (χ2n) is 7.63. The van der Waals surface area contributed by atoms with Crippen LogP contribution >= 0.6 is 23.2 Å². The van der Waals surface area contributed by atoms with E-state index < -0.39 is 5.82 Å². The highest BCUT2D eigenvalue weighted by Gasteiger charge is 2.21. The zero-order valence-electron chi connectivity index (χ0n) is 17.8. The number of anilines is 2. The molecule has 0 bridgehead atoms. The first-order chi connectivity index (χ1) is 16.5. The maximum atomic E-state index is 14.8. The van der Waals surface area contributed by atoms with E-state index in [1.807, 2.05) is 18.2 Å². The molecule has 0 fully saturated rings. The van der Waals surface area contributed by atoms with E-state index in [1.54, 1.807) is 36.4 Å². The average molecular weight is 493 g/mol. The molecule has 0 aliphatic rings. The molecule has 0 saturated carbocycles. The largest absolute Gasteiger partial charge is 0.383 e. The van der Waals surface area contributed by atoms with E-state index in [9.17, 15) is 4.39 Å². The lowest BCUT2D eigenvalue weighted by Gasteiger charge is -2.09. The predicted molar refractivity (Wildman–Crippen MR) is 135 cm³/mol. The predicted octanol–water partition coefficient (Wildman–Crippen LogP) is 6.17. The molecule has 0 radical (unpaired) electrons. The fourth-order valence-corrected chi connectivity index (χ4v) is 4.01. The van der Waals surface area contributed by atoms with Crippen molar-refractivity contribution < 1.29 is 4.39 Å². The van der Waals surface area contributed by atoms with Crippen LogP contribution in [0.4, 0.5) is 16.2 Å². The van der Waals surface area contributed by atoms with Gasteiger partial charge in [0.1, 0.15) is 11.6 Å². The van der Waals surface area contributed by atoms with Gasteiger partial charge in [-0.15, -0.1) is 5.10 Å². The van der Waals surface area contributed by atoms with Gasteiger partial charge in [-0.3, -0.25) is 0 Å². The summed E-state index contributed by atoms with van der Waals surface area (Å²) in [7, 11) is 0. The molecule has 0 unspecified atom stereocenters. The van der Waals surface area contributed by atoms with Crippen LogP contribution in [0.1, 0.15) is 5.56 Å². The first-order valence-electron chi connectivity index (χ1n) is 10.6. The maximum absolute atomic E-state index is 14.8. The second-order valence-corrected chi connectivity index (χ2v) is 8.45. The quantitative estimate of drug-likeness (QED) is 0.296. The Balaban J connectivity index is 1.60. The van der Waals surface area contributed by atoms with Crippen molar-refractivity contribution in [3.05, 3.63) is 94.2 Å². The zero-order chi connectivity index (χ0) is 23.7. The lowest BCUT2D eigenvalue weighted by Crippen LogP contribution is -2.09. The maximum Gasteiger partial charge on any atom is 0.225 e. The minimum atomic E-state index is -0.417. The third kappa shape index (κ3) is 4.27. The molecule has 2 heterocycles. The summed E-state index contributed by atoms with van der Waals surface area (Å²) in [5, 5.41) is 9.03. The normalized spacial score (nSPS) is 11.1. The molecular weight excluding hydrogens is 474 g/mol. The molecule has 2 aromatic heterocycles. The van der Waals surface area contributed by atoms with Gasteiger partial charge in [0.05, 0.1) is 26.8 Å². The number of nitrogens with two attached hydrogens (primary N) is 1. The molecule has 3 aromatic carbocycles. The zero-order valence-corrected chi connectivity index (χ0v) is 19.4. The Morgan fingerprint density at radius 3 is 2.44 bits per heavy atom. The van der Waals surface area contributed by atoms with Crippen molar-refractivity contribution in [3.63, 3.8) is 0 Å². The lowest BCUT2D eigenvalue weighted by atomic mass is 10.1. The fourth-order valence-electron chi connectivity index (χ4n) is 3.72. The van der Waals surface area contributed by atoms with Crippen molar-refractivity contribution in [2.75, 3.05) is 17.6 Å². The number of benzene rings is 3. The van der Waals surface area contributed by atoms with Gasteiger partial charge in [-0.25, -0.2) is 14.1 Å². The molecule has 0 amide bonds. The highest BCUT2D eigenvalue weighted by Crippen LogP contribution is 2.35. The van der Waals surface area contributed by atoms with Crippen LogP contribution in [0.25, 0.3) is 28.0 Å². The molecule has 0 spiro atoms. The summed E-state index contributed by atoms with van der Waals surface area (Å²) < 4.78 is 16.3. The summed E-state index contributed by atoms with van der Waals surface area (Å²) in [4.78, 5) is 9.17. The van der Waals surface area contributed by atoms with Gasteiger partial charge in [-0.2, -0.15) is 4.98 Å². The van der Waals surface area contributed by atoms with Crippen LogP contribution < -0.4 is 11.1 Å². The Morgan fingerprint density at radius 1 is 0.912 bits per heavy atom. The Kier molecular flexibility index (Phi) is 6.04. The lowest BCUT2D eigenvalue weighted by molar-refractivity contribution is 0.631. The summed E-state index contributed by atoms with van der Waals surface area (Å²) in [5.41, 5.74) is 9.25. The van der Waals surface area contributed by atoms with Gasteiger partial charge in [-0.1, -0.05) is 65.7 Å². The van der Waals surface area contributed by atoms with Crippen LogP contribution in [0.5, 0.6) is 0 Å². The average Bonchev–Trinajstić information content (AvgIpc) is 3.18. The molecule has 9 heteroatoms. The smallest absolute Gasteiger partial charge is 0.225 e. The topological polar surface area (TPSA) is 81.7 Å². The van der Waals surface area contributed by atoms with Crippen molar-refractivity contribution in [3.8, 4) is 16.9 Å². The third-order valence-electron chi connectivity index (χ3n) is 5.39. The van der Waals surface area contributed by atoms with E-state index in [0.717, 1.165) is 6.42 Å². The van der Waals surface area contributed by atoms with Crippen LogP contribution in [0.15, 0.2) is 72.8 Å². The second kappa shape index (κ2) is 9.29.